The second-order valence-electron chi connectivity index (χ2n) is 2.92. The van der Waals surface area contributed by atoms with Crippen LogP contribution in [0.1, 0.15) is 0 Å². The molecule has 2 heterocycles. The quantitative estimate of drug-likeness (QED) is 0.630. The molecule has 6 heteroatoms. The Labute approximate surface area is 73.6 Å². The summed E-state index contributed by atoms with van der Waals surface area (Å²) in [5.74, 6) is 0.516. The lowest BCUT2D eigenvalue weighted by Gasteiger charge is -2.08. The number of nitrogens with one attached hydrogen (secondary N) is 2. The van der Waals surface area contributed by atoms with Crippen molar-refractivity contribution in [2.24, 2.45) is 0 Å². The molecule has 0 aliphatic rings. The van der Waals surface area contributed by atoms with Crippen LogP contribution in [0.2, 0.25) is 0 Å². The summed E-state index contributed by atoms with van der Waals surface area (Å²) in [5, 5.41) is 6.86. The predicted octanol–water partition coefficient (Wildman–Crippen LogP) is -0.288. The second-order valence-corrected chi connectivity index (χ2v) is 2.92. The van der Waals surface area contributed by atoms with Crippen LogP contribution in [0, 0.1) is 0 Å². The molecule has 0 unspecified atom stereocenters. The molecule has 0 atom stereocenters. The molecule has 2 N–H and O–H groups in total. The van der Waals surface area contributed by atoms with Gasteiger partial charge in [-0.3, -0.25) is 14.9 Å². The van der Waals surface area contributed by atoms with Crippen molar-refractivity contribution in [3.8, 4) is 0 Å². The van der Waals surface area contributed by atoms with E-state index in [0.717, 1.165) is 0 Å². The Kier molecular flexibility index (Phi) is 1.54. The molecule has 0 amide bonds. The fourth-order valence-corrected chi connectivity index (χ4v) is 1.05. The van der Waals surface area contributed by atoms with Crippen LogP contribution in [0.4, 0.5) is 5.95 Å². The molecule has 6 nitrogen and oxygen atoms in total. The number of rotatable bonds is 1. The summed E-state index contributed by atoms with van der Waals surface area (Å²) in [6.45, 7) is 0. The number of aromatic nitrogens is 4. The molecule has 0 radical (unpaired) electrons. The minimum Gasteiger partial charge on any atom is -0.348 e. The largest absolute Gasteiger partial charge is 0.348 e. The van der Waals surface area contributed by atoms with Crippen LogP contribution in [-0.4, -0.2) is 34.3 Å². The second kappa shape index (κ2) is 2.58. The monoisotopic (exact) mass is 179 g/mol. The van der Waals surface area contributed by atoms with Gasteiger partial charge in [0.1, 0.15) is 5.39 Å². The molecule has 13 heavy (non-hydrogen) atoms. The molecule has 68 valence electrons. The smallest absolute Gasteiger partial charge is 0.263 e. The Morgan fingerprint density at radius 1 is 1.46 bits per heavy atom. The van der Waals surface area contributed by atoms with Gasteiger partial charge in [-0.2, -0.15) is 10.1 Å². The summed E-state index contributed by atoms with van der Waals surface area (Å²) in [7, 11) is 3.61. The minimum atomic E-state index is -0.178. The highest BCUT2D eigenvalue weighted by Gasteiger charge is 2.05. The third kappa shape index (κ3) is 1.16. The van der Waals surface area contributed by atoms with Gasteiger partial charge < -0.3 is 4.90 Å². The van der Waals surface area contributed by atoms with Crippen molar-refractivity contribution in [2.45, 2.75) is 0 Å². The lowest BCUT2D eigenvalue weighted by Crippen LogP contribution is -2.18. The van der Waals surface area contributed by atoms with Crippen LogP contribution in [0.5, 0.6) is 0 Å². The zero-order valence-electron chi connectivity index (χ0n) is 7.33. The van der Waals surface area contributed by atoms with Crippen molar-refractivity contribution in [1.29, 1.82) is 0 Å². The van der Waals surface area contributed by atoms with Crippen molar-refractivity contribution in [2.75, 3.05) is 19.0 Å². The molecule has 2 aromatic rings. The summed E-state index contributed by atoms with van der Waals surface area (Å²) in [4.78, 5) is 19.9. The van der Waals surface area contributed by atoms with Gasteiger partial charge in [0.15, 0.2) is 5.65 Å². The maximum Gasteiger partial charge on any atom is 0.263 e. The Morgan fingerprint density at radius 3 is 2.92 bits per heavy atom. The summed E-state index contributed by atoms with van der Waals surface area (Å²) < 4.78 is 0. The van der Waals surface area contributed by atoms with Gasteiger partial charge in [0, 0.05) is 14.1 Å². The molecule has 2 aromatic heterocycles. The van der Waals surface area contributed by atoms with Crippen LogP contribution < -0.4 is 10.5 Å². The van der Waals surface area contributed by atoms with Gasteiger partial charge in [0.25, 0.3) is 5.56 Å². The van der Waals surface area contributed by atoms with E-state index in [1.165, 1.54) is 6.20 Å². The van der Waals surface area contributed by atoms with E-state index in [1.807, 2.05) is 0 Å². The molecule has 0 fully saturated rings. The normalized spacial score (nSPS) is 10.6. The first kappa shape index (κ1) is 7.78. The zero-order valence-corrected chi connectivity index (χ0v) is 7.33. The fourth-order valence-electron chi connectivity index (χ4n) is 1.05. The summed E-state index contributed by atoms with van der Waals surface area (Å²) in [5.41, 5.74) is 0.329. The molecule has 0 aromatic carbocycles. The van der Waals surface area contributed by atoms with Gasteiger partial charge in [-0.05, 0) is 0 Å². The van der Waals surface area contributed by atoms with Gasteiger partial charge in [-0.25, -0.2) is 0 Å². The third-order valence-electron chi connectivity index (χ3n) is 1.73. The highest BCUT2D eigenvalue weighted by Crippen LogP contribution is 2.05. The van der Waals surface area contributed by atoms with Crippen LogP contribution in [0.25, 0.3) is 11.0 Å². The van der Waals surface area contributed by atoms with E-state index in [0.29, 0.717) is 17.0 Å². The number of aromatic amines is 2. The van der Waals surface area contributed by atoms with Crippen molar-refractivity contribution < 1.29 is 0 Å². The van der Waals surface area contributed by atoms with Gasteiger partial charge in [-0.1, -0.05) is 0 Å². The molecular formula is C7H9N5O. The standard InChI is InChI=1S/C7H9N5O/c1-12(2)7-9-5-4(3-8-11-5)6(13)10-7/h3H,1-2H3,(H2,8,9,10,11,13). The van der Waals surface area contributed by atoms with E-state index in [4.69, 9.17) is 0 Å². The van der Waals surface area contributed by atoms with Crippen LogP contribution in [0.15, 0.2) is 11.0 Å². The van der Waals surface area contributed by atoms with Gasteiger partial charge >= 0.3 is 0 Å². The topological polar surface area (TPSA) is 77.7 Å². The minimum absolute atomic E-state index is 0.178. The first-order valence-corrected chi connectivity index (χ1v) is 3.79. The number of anilines is 1. The summed E-state index contributed by atoms with van der Waals surface area (Å²) >= 11 is 0. The Balaban J connectivity index is 2.77. The van der Waals surface area contributed by atoms with Crippen LogP contribution >= 0.6 is 0 Å². The Hall–Kier alpha value is -1.85. The summed E-state index contributed by atoms with van der Waals surface area (Å²) in [6, 6.07) is 0. The van der Waals surface area contributed by atoms with E-state index in [2.05, 4.69) is 20.2 Å². The summed E-state index contributed by atoms with van der Waals surface area (Å²) in [6.07, 6.45) is 1.46. The van der Waals surface area contributed by atoms with E-state index >= 15 is 0 Å². The van der Waals surface area contributed by atoms with Gasteiger partial charge in [0.2, 0.25) is 5.95 Å². The molecule has 0 aliphatic heterocycles. The Bertz CT molecular complexity index is 483. The molecule has 0 saturated heterocycles. The first-order chi connectivity index (χ1) is 6.18. The molecule has 0 bridgehead atoms. The maximum absolute atomic E-state index is 11.4. The number of nitrogens with zero attached hydrogens (tertiary/aromatic N) is 3. The number of hydrogen-bond donors (Lipinski definition) is 2. The average Bonchev–Trinajstić information content (AvgIpc) is 2.51. The van der Waals surface area contributed by atoms with Crippen LogP contribution in [0.3, 0.4) is 0 Å². The molecular weight excluding hydrogens is 170 g/mol. The number of hydrogen-bond acceptors (Lipinski definition) is 4. The van der Waals surface area contributed by atoms with Crippen molar-refractivity contribution >= 4 is 17.0 Å². The fraction of sp³-hybridized carbons (Fsp3) is 0.286. The maximum atomic E-state index is 11.4. The Morgan fingerprint density at radius 2 is 2.23 bits per heavy atom. The van der Waals surface area contributed by atoms with E-state index < -0.39 is 0 Å². The van der Waals surface area contributed by atoms with Crippen LogP contribution in [-0.2, 0) is 0 Å². The SMILES string of the molecule is CN(C)c1nc2[nH]ncc2c(=O)[nH]1. The number of fused-ring (bicyclic) bond motifs is 1. The highest BCUT2D eigenvalue weighted by atomic mass is 16.1. The average molecular weight is 179 g/mol. The molecule has 0 spiro atoms. The predicted molar refractivity (Wildman–Crippen MR) is 48.8 cm³/mol. The van der Waals surface area contributed by atoms with Gasteiger partial charge in [-0.15, -0.1) is 0 Å². The van der Waals surface area contributed by atoms with E-state index in [-0.39, 0.29) is 5.56 Å². The van der Waals surface area contributed by atoms with E-state index in [1.54, 1.807) is 19.0 Å². The third-order valence-corrected chi connectivity index (χ3v) is 1.73. The highest BCUT2D eigenvalue weighted by molar-refractivity contribution is 5.73. The van der Waals surface area contributed by atoms with Crippen molar-refractivity contribution in [1.82, 2.24) is 20.2 Å². The lowest BCUT2D eigenvalue weighted by atomic mass is 10.4. The lowest BCUT2D eigenvalue weighted by molar-refractivity contribution is 0.992. The molecule has 2 rings (SSSR count). The first-order valence-electron chi connectivity index (χ1n) is 3.79. The van der Waals surface area contributed by atoms with Crippen molar-refractivity contribution in [3.05, 3.63) is 16.6 Å². The molecule has 0 aliphatic carbocycles. The van der Waals surface area contributed by atoms with Crippen molar-refractivity contribution in [3.63, 3.8) is 0 Å². The zero-order chi connectivity index (χ0) is 9.42. The van der Waals surface area contributed by atoms with E-state index in [9.17, 15) is 4.79 Å². The molecule has 0 saturated carbocycles. The number of H-pyrrole nitrogens is 2. The van der Waals surface area contributed by atoms with Gasteiger partial charge in [0.05, 0.1) is 6.20 Å².